The minimum absolute atomic E-state index is 0.347. The summed E-state index contributed by atoms with van der Waals surface area (Å²) in [6, 6.07) is 7.45. The molecule has 4 aromatic rings. The van der Waals surface area contributed by atoms with E-state index in [1.165, 1.54) is 6.07 Å². The van der Waals surface area contributed by atoms with Crippen molar-refractivity contribution in [1.29, 1.82) is 0 Å². The van der Waals surface area contributed by atoms with Gasteiger partial charge in [0.1, 0.15) is 16.6 Å². The minimum Gasteiger partial charge on any atom is -0.495 e. The molecule has 0 saturated carbocycles. The van der Waals surface area contributed by atoms with E-state index in [-0.39, 0.29) is 11.3 Å². The van der Waals surface area contributed by atoms with Gasteiger partial charge < -0.3 is 9.84 Å². The summed E-state index contributed by atoms with van der Waals surface area (Å²) in [5.74, 6) is -2.47. The van der Waals surface area contributed by atoms with Crippen LogP contribution in [0.25, 0.3) is 27.3 Å². The van der Waals surface area contributed by atoms with Gasteiger partial charge in [0.2, 0.25) is 0 Å². The van der Waals surface area contributed by atoms with Gasteiger partial charge in [0.25, 0.3) is 10.0 Å². The second-order valence-electron chi connectivity index (χ2n) is 12.0. The number of carboxylic acid groups (broad SMARTS) is 1. The highest BCUT2D eigenvalue weighted by atomic mass is 32.2. The van der Waals surface area contributed by atoms with Gasteiger partial charge in [0, 0.05) is 17.0 Å². The number of ether oxygens (including phenoxy) is 1. The van der Waals surface area contributed by atoms with Crippen LogP contribution in [0.3, 0.4) is 0 Å². The number of aromatic carboxylic acids is 1. The van der Waals surface area contributed by atoms with E-state index >= 15 is 0 Å². The lowest BCUT2D eigenvalue weighted by molar-refractivity contribution is -0.137. The minimum atomic E-state index is -5.08. The van der Waals surface area contributed by atoms with Crippen LogP contribution in [0.15, 0.2) is 65.0 Å². The van der Waals surface area contributed by atoms with Crippen LogP contribution in [0.2, 0.25) is 0 Å². The molecule has 7 nitrogen and oxygen atoms in total. The predicted octanol–water partition coefficient (Wildman–Crippen LogP) is 10.0. The van der Waals surface area contributed by atoms with E-state index in [1.807, 2.05) is 10.8 Å². The number of sulfonamides is 1. The van der Waals surface area contributed by atoms with Crippen molar-refractivity contribution in [3.05, 3.63) is 88.1 Å². The summed E-state index contributed by atoms with van der Waals surface area (Å²) in [4.78, 5) is 15.1. The Bertz CT molecular complexity index is 2090. The van der Waals surface area contributed by atoms with Crippen molar-refractivity contribution in [3.8, 4) is 27.4 Å². The Morgan fingerprint density at radius 3 is 2.18 bits per heavy atom. The fraction of sp³-hybridized carbons (Fsp3) is 0.294. The second kappa shape index (κ2) is 13.7. The van der Waals surface area contributed by atoms with Crippen LogP contribution in [0, 0.1) is 17.7 Å². The average molecular weight is 743 g/mol. The molecular weight excluding hydrogens is 714 g/mol. The Labute approximate surface area is 286 Å². The molecule has 16 heteroatoms. The van der Waals surface area contributed by atoms with Gasteiger partial charge in [-0.25, -0.2) is 14.2 Å². The first-order valence-electron chi connectivity index (χ1n) is 15.0. The van der Waals surface area contributed by atoms with Crippen LogP contribution in [-0.4, -0.2) is 31.6 Å². The Kier molecular flexibility index (Phi) is 10.1. The van der Waals surface area contributed by atoms with Crippen LogP contribution in [-0.2, 0) is 22.4 Å². The Hall–Kier alpha value is -4.44. The Morgan fingerprint density at radius 1 is 0.980 bits per heavy atom. The Balaban J connectivity index is 1.51. The zero-order chi connectivity index (χ0) is 36.8. The zero-order valence-corrected chi connectivity index (χ0v) is 28.2. The molecule has 0 spiro atoms. The first-order chi connectivity index (χ1) is 23.3. The summed E-state index contributed by atoms with van der Waals surface area (Å²) < 4.78 is 134. The maximum absolute atomic E-state index is 14.4. The van der Waals surface area contributed by atoms with Crippen molar-refractivity contribution in [1.82, 2.24) is 4.98 Å². The monoisotopic (exact) mass is 742 g/mol. The molecule has 0 fully saturated rings. The number of benzene rings is 3. The first-order valence-corrected chi connectivity index (χ1v) is 17.4. The van der Waals surface area contributed by atoms with Gasteiger partial charge >= 0.3 is 18.3 Å². The van der Waals surface area contributed by atoms with E-state index < -0.39 is 77.7 Å². The molecule has 1 heterocycles. The number of hydrogen-bond donors (Lipinski definition) is 2. The maximum atomic E-state index is 14.4. The molecule has 5 rings (SSSR count). The number of anilines is 1. The lowest BCUT2D eigenvalue weighted by Gasteiger charge is -2.25. The molecule has 50 heavy (non-hydrogen) atoms. The molecule has 1 aliphatic carbocycles. The lowest BCUT2D eigenvalue weighted by Crippen LogP contribution is -2.15. The number of nitrogens with zero attached hydrogens (tertiary/aromatic N) is 1. The maximum Gasteiger partial charge on any atom is 0.417 e. The highest BCUT2D eigenvalue weighted by Crippen LogP contribution is 2.45. The molecule has 1 unspecified atom stereocenters. The molecule has 0 amide bonds. The van der Waals surface area contributed by atoms with Crippen LogP contribution in [0.4, 0.5) is 36.4 Å². The molecule has 2 N–H and O–H groups in total. The van der Waals surface area contributed by atoms with E-state index in [0.717, 1.165) is 61.2 Å². The smallest absolute Gasteiger partial charge is 0.417 e. The lowest BCUT2D eigenvalue weighted by atomic mass is 9.80. The number of carboxylic acids is 1. The fourth-order valence-corrected chi connectivity index (χ4v) is 7.95. The van der Waals surface area contributed by atoms with Crippen LogP contribution in [0.1, 0.15) is 60.2 Å². The standard InChI is InChI=1S/C34H29F7N2O5S2/c1-17(2)18-4-6-19(7-5-18)20-8-10-22(25(12-20)33(36,37)38)21-9-11-23(26(13-21)34(39,40)41)31-42-30(16-49-31)50(46,47)43-28-15-27(35)24(32(44)45)14-29(28)48-3/h6,8-18,43H,4-5,7H2,1-3H3,(H,44,45). The summed E-state index contributed by atoms with van der Waals surface area (Å²) in [5.41, 5.74) is -4.06. The molecule has 0 radical (unpaired) electrons. The molecule has 266 valence electrons. The van der Waals surface area contributed by atoms with Gasteiger partial charge in [0.15, 0.2) is 5.03 Å². The molecule has 1 aliphatic rings. The average Bonchev–Trinajstić information content (AvgIpc) is 3.55. The molecule has 0 saturated heterocycles. The van der Waals surface area contributed by atoms with Gasteiger partial charge in [-0.1, -0.05) is 44.2 Å². The van der Waals surface area contributed by atoms with E-state index in [2.05, 4.69) is 18.8 Å². The number of allylic oxidation sites excluding steroid dienone is 2. The molecule has 0 aliphatic heterocycles. The highest BCUT2D eigenvalue weighted by Gasteiger charge is 2.38. The quantitative estimate of drug-likeness (QED) is 0.166. The zero-order valence-electron chi connectivity index (χ0n) is 26.5. The summed E-state index contributed by atoms with van der Waals surface area (Å²) in [6.07, 6.45) is -5.94. The van der Waals surface area contributed by atoms with E-state index in [1.54, 1.807) is 0 Å². The summed E-state index contributed by atoms with van der Waals surface area (Å²) >= 11 is 0.519. The van der Waals surface area contributed by atoms with Crippen molar-refractivity contribution in [2.75, 3.05) is 11.8 Å². The Morgan fingerprint density at radius 2 is 1.60 bits per heavy atom. The van der Waals surface area contributed by atoms with Gasteiger partial charge in [-0.3, -0.25) is 4.72 Å². The normalized spacial score (nSPS) is 15.6. The SMILES string of the molecule is COc1cc(C(=O)O)c(F)cc1NS(=O)(=O)c1csc(-c2ccc(-c3ccc(C4=CCC(C(C)C)CC4)cc3C(F)(F)F)cc2C(F)(F)F)n1. The van der Waals surface area contributed by atoms with Gasteiger partial charge in [-0.05, 0) is 71.6 Å². The second-order valence-corrected chi connectivity index (χ2v) is 14.4. The molecule has 1 aromatic heterocycles. The number of aromatic nitrogens is 1. The van der Waals surface area contributed by atoms with Gasteiger partial charge in [0.05, 0.1) is 29.5 Å². The number of thiazole rings is 1. The number of nitrogens with one attached hydrogen (secondary N) is 1. The number of halogens is 7. The molecule has 0 bridgehead atoms. The summed E-state index contributed by atoms with van der Waals surface area (Å²) in [7, 11) is -3.61. The molecule has 3 aromatic carbocycles. The third-order valence-corrected chi connectivity index (χ3v) is 10.8. The third-order valence-electron chi connectivity index (χ3n) is 8.48. The van der Waals surface area contributed by atoms with E-state index in [4.69, 9.17) is 9.84 Å². The fourth-order valence-electron chi connectivity index (χ4n) is 5.75. The number of methoxy groups -OCH3 is 1. The number of carbonyl (C=O) groups is 1. The van der Waals surface area contributed by atoms with Gasteiger partial charge in [-0.2, -0.15) is 34.8 Å². The third kappa shape index (κ3) is 7.65. The first kappa shape index (κ1) is 36.8. The van der Waals surface area contributed by atoms with Crippen molar-refractivity contribution in [2.45, 2.75) is 50.5 Å². The van der Waals surface area contributed by atoms with Crippen LogP contribution < -0.4 is 9.46 Å². The van der Waals surface area contributed by atoms with Crippen molar-refractivity contribution in [2.24, 2.45) is 11.8 Å². The largest absolute Gasteiger partial charge is 0.495 e. The van der Waals surface area contributed by atoms with Gasteiger partial charge in [-0.15, -0.1) is 11.3 Å². The van der Waals surface area contributed by atoms with Crippen molar-refractivity contribution < 1.29 is 53.8 Å². The van der Waals surface area contributed by atoms with E-state index in [0.29, 0.717) is 47.3 Å². The van der Waals surface area contributed by atoms with E-state index in [9.17, 15) is 43.9 Å². The molecule has 1 atom stereocenters. The highest BCUT2D eigenvalue weighted by molar-refractivity contribution is 7.92. The number of rotatable bonds is 9. The van der Waals surface area contributed by atoms with Crippen molar-refractivity contribution in [3.63, 3.8) is 0 Å². The summed E-state index contributed by atoms with van der Waals surface area (Å²) in [6.45, 7) is 4.17. The number of alkyl halides is 6. The molecular formula is C34H29F7N2O5S2. The predicted molar refractivity (Wildman–Crippen MR) is 174 cm³/mol. The topological polar surface area (TPSA) is 106 Å². The number of hydrogen-bond acceptors (Lipinski definition) is 6. The summed E-state index contributed by atoms with van der Waals surface area (Å²) in [5, 5.41) is 8.86. The van der Waals surface area contributed by atoms with Crippen LogP contribution >= 0.6 is 11.3 Å². The van der Waals surface area contributed by atoms with Crippen LogP contribution in [0.5, 0.6) is 5.75 Å². The van der Waals surface area contributed by atoms with Crippen molar-refractivity contribution >= 4 is 38.6 Å².